The number of carbonyl (C=O) groups is 2. The molecule has 0 heterocycles. The van der Waals surface area contributed by atoms with Crippen molar-refractivity contribution in [2.75, 3.05) is 17.4 Å². The van der Waals surface area contributed by atoms with E-state index in [0.29, 0.717) is 13.0 Å². The van der Waals surface area contributed by atoms with Gasteiger partial charge in [0.25, 0.3) is 10.0 Å². The van der Waals surface area contributed by atoms with Crippen molar-refractivity contribution in [2.45, 2.75) is 44.7 Å². The van der Waals surface area contributed by atoms with E-state index in [1.54, 1.807) is 18.2 Å². The highest BCUT2D eigenvalue weighted by atomic mass is 35.5. The number of nitrogens with zero attached hydrogens (tertiary/aromatic N) is 2. The molecule has 1 atom stereocenters. The van der Waals surface area contributed by atoms with Crippen molar-refractivity contribution in [3.05, 3.63) is 94.5 Å². The lowest BCUT2D eigenvalue weighted by atomic mass is 10.1. The molecule has 0 bridgehead atoms. The zero-order chi connectivity index (χ0) is 28.6. The summed E-state index contributed by atoms with van der Waals surface area (Å²) in [6, 6.07) is 20.7. The van der Waals surface area contributed by atoms with Crippen LogP contribution in [-0.4, -0.2) is 44.3 Å². The van der Waals surface area contributed by atoms with Gasteiger partial charge in [-0.3, -0.25) is 13.9 Å². The van der Waals surface area contributed by atoms with Crippen LogP contribution < -0.4 is 9.62 Å². The van der Waals surface area contributed by atoms with Crippen LogP contribution in [0.2, 0.25) is 10.0 Å². The molecule has 0 aliphatic heterocycles. The average molecular weight is 591 g/mol. The third kappa shape index (κ3) is 7.97. The first-order valence-corrected chi connectivity index (χ1v) is 14.9. The Morgan fingerprint density at radius 3 is 2.08 bits per heavy atom. The summed E-state index contributed by atoms with van der Waals surface area (Å²) in [4.78, 5) is 28.6. The molecule has 1 N–H and O–H groups in total. The zero-order valence-electron chi connectivity index (χ0n) is 22.2. The van der Waals surface area contributed by atoms with Crippen molar-refractivity contribution >= 4 is 50.7 Å². The second-order valence-electron chi connectivity index (χ2n) is 9.49. The smallest absolute Gasteiger partial charge is 0.264 e. The van der Waals surface area contributed by atoms with Crippen LogP contribution in [0, 0.1) is 5.92 Å². The van der Waals surface area contributed by atoms with E-state index in [1.807, 2.05) is 51.1 Å². The van der Waals surface area contributed by atoms with Crippen LogP contribution in [0.4, 0.5) is 5.69 Å². The third-order valence-corrected chi connectivity index (χ3v) is 8.59. The molecule has 1 unspecified atom stereocenters. The van der Waals surface area contributed by atoms with Gasteiger partial charge in [0, 0.05) is 13.1 Å². The van der Waals surface area contributed by atoms with Gasteiger partial charge in [0.15, 0.2) is 0 Å². The first kappa shape index (κ1) is 30.5. The minimum absolute atomic E-state index is 0.0141. The lowest BCUT2D eigenvalue weighted by Crippen LogP contribution is -2.52. The van der Waals surface area contributed by atoms with Crippen LogP contribution in [0.1, 0.15) is 32.8 Å². The molecule has 0 saturated heterocycles. The number of nitrogens with one attached hydrogen (secondary N) is 1. The van der Waals surface area contributed by atoms with E-state index in [1.165, 1.54) is 35.2 Å². The largest absolute Gasteiger partial charge is 0.354 e. The number of hydrogen-bond donors (Lipinski definition) is 1. The van der Waals surface area contributed by atoms with Gasteiger partial charge in [-0.2, -0.15) is 0 Å². The lowest BCUT2D eigenvalue weighted by molar-refractivity contribution is -0.140. The highest BCUT2D eigenvalue weighted by Crippen LogP contribution is 2.31. The number of halogens is 2. The Balaban J connectivity index is 2.04. The number of amides is 2. The standard InChI is InChI=1S/C29H33Cl2N3O4S/c1-4-27(29(36)32-18-21(2)3)33(19-22-11-7-5-8-12-22)28(35)20-34(23-15-16-25(30)26(31)17-23)39(37,38)24-13-9-6-10-14-24/h5-17,21,27H,4,18-20H2,1-3H3,(H,32,36). The molecule has 3 aromatic carbocycles. The summed E-state index contributed by atoms with van der Waals surface area (Å²) in [5.41, 5.74) is 0.992. The summed E-state index contributed by atoms with van der Waals surface area (Å²) in [5, 5.41) is 3.31. The van der Waals surface area contributed by atoms with Crippen LogP contribution in [-0.2, 0) is 26.2 Å². The van der Waals surface area contributed by atoms with Crippen LogP contribution in [0.5, 0.6) is 0 Å². The molecule has 39 heavy (non-hydrogen) atoms. The quantitative estimate of drug-likeness (QED) is 0.290. The molecule has 3 aromatic rings. The summed E-state index contributed by atoms with van der Waals surface area (Å²) >= 11 is 12.3. The number of carbonyl (C=O) groups excluding carboxylic acids is 2. The second kappa shape index (κ2) is 13.8. The molecular formula is C29H33Cl2N3O4S. The van der Waals surface area contributed by atoms with Crippen molar-refractivity contribution in [2.24, 2.45) is 5.92 Å². The number of benzene rings is 3. The molecule has 0 radical (unpaired) electrons. The van der Waals surface area contributed by atoms with Gasteiger partial charge >= 0.3 is 0 Å². The topological polar surface area (TPSA) is 86.8 Å². The van der Waals surface area contributed by atoms with Gasteiger partial charge in [-0.05, 0) is 48.2 Å². The van der Waals surface area contributed by atoms with Crippen molar-refractivity contribution < 1.29 is 18.0 Å². The maximum Gasteiger partial charge on any atom is 0.264 e. The molecule has 7 nitrogen and oxygen atoms in total. The van der Waals surface area contributed by atoms with Gasteiger partial charge in [0.05, 0.1) is 20.6 Å². The number of rotatable bonds is 12. The van der Waals surface area contributed by atoms with Crippen LogP contribution in [0.3, 0.4) is 0 Å². The Morgan fingerprint density at radius 1 is 0.897 bits per heavy atom. The van der Waals surface area contributed by atoms with E-state index >= 15 is 0 Å². The predicted molar refractivity (Wildman–Crippen MR) is 156 cm³/mol. The van der Waals surface area contributed by atoms with Crippen LogP contribution in [0.15, 0.2) is 83.8 Å². The van der Waals surface area contributed by atoms with Gasteiger partial charge < -0.3 is 10.2 Å². The zero-order valence-corrected chi connectivity index (χ0v) is 24.5. The second-order valence-corrected chi connectivity index (χ2v) is 12.2. The molecule has 0 aliphatic rings. The number of sulfonamides is 1. The molecule has 3 rings (SSSR count). The van der Waals surface area contributed by atoms with Crippen molar-refractivity contribution in [1.29, 1.82) is 0 Å². The van der Waals surface area contributed by atoms with Gasteiger partial charge in [-0.1, -0.05) is 92.5 Å². The summed E-state index contributed by atoms with van der Waals surface area (Å²) < 4.78 is 28.6. The Hall–Kier alpha value is -3.07. The molecular weight excluding hydrogens is 557 g/mol. The fraction of sp³-hybridized carbons (Fsp3) is 0.310. The summed E-state index contributed by atoms with van der Waals surface area (Å²) in [6.07, 6.45) is 0.348. The normalized spacial score (nSPS) is 12.2. The molecule has 0 aliphatic carbocycles. The van der Waals surface area contributed by atoms with Gasteiger partial charge in [-0.25, -0.2) is 8.42 Å². The first-order chi connectivity index (χ1) is 18.5. The van der Waals surface area contributed by atoms with Gasteiger partial charge in [0.1, 0.15) is 12.6 Å². The molecule has 208 valence electrons. The first-order valence-electron chi connectivity index (χ1n) is 12.7. The number of anilines is 1. The Kier molecular flexibility index (Phi) is 10.8. The maximum atomic E-state index is 14.0. The molecule has 0 aromatic heterocycles. The Labute approximate surface area is 240 Å². The molecule has 0 fully saturated rings. The summed E-state index contributed by atoms with van der Waals surface area (Å²) in [5.74, 6) is -0.593. The Bertz CT molecular complexity index is 1370. The van der Waals surface area contributed by atoms with Crippen molar-refractivity contribution in [1.82, 2.24) is 10.2 Å². The summed E-state index contributed by atoms with van der Waals surface area (Å²) in [7, 11) is -4.18. The molecule has 0 saturated carbocycles. The van der Waals surface area contributed by atoms with E-state index in [4.69, 9.17) is 23.2 Å². The highest BCUT2D eigenvalue weighted by molar-refractivity contribution is 7.92. The molecule has 0 spiro atoms. The van der Waals surface area contributed by atoms with E-state index in [9.17, 15) is 18.0 Å². The maximum absolute atomic E-state index is 14.0. The van der Waals surface area contributed by atoms with Crippen molar-refractivity contribution in [3.8, 4) is 0 Å². The number of hydrogen-bond acceptors (Lipinski definition) is 4. The molecule has 10 heteroatoms. The monoisotopic (exact) mass is 589 g/mol. The fourth-order valence-electron chi connectivity index (χ4n) is 4.01. The SMILES string of the molecule is CCC(C(=O)NCC(C)C)N(Cc1ccccc1)C(=O)CN(c1ccc(Cl)c(Cl)c1)S(=O)(=O)c1ccccc1. The third-order valence-electron chi connectivity index (χ3n) is 6.07. The van der Waals surface area contributed by atoms with Gasteiger partial charge in [0.2, 0.25) is 11.8 Å². The minimum atomic E-state index is -4.18. The van der Waals surface area contributed by atoms with Gasteiger partial charge in [-0.15, -0.1) is 0 Å². The lowest BCUT2D eigenvalue weighted by Gasteiger charge is -2.33. The van der Waals surface area contributed by atoms with E-state index in [-0.39, 0.29) is 39.0 Å². The van der Waals surface area contributed by atoms with Crippen LogP contribution >= 0.6 is 23.2 Å². The van der Waals surface area contributed by atoms with E-state index in [0.717, 1.165) is 9.87 Å². The van der Waals surface area contributed by atoms with E-state index < -0.39 is 28.5 Å². The highest BCUT2D eigenvalue weighted by Gasteiger charge is 2.33. The fourth-order valence-corrected chi connectivity index (χ4v) is 5.73. The predicted octanol–water partition coefficient (Wildman–Crippen LogP) is 5.77. The van der Waals surface area contributed by atoms with Crippen LogP contribution in [0.25, 0.3) is 0 Å². The average Bonchev–Trinajstić information content (AvgIpc) is 2.92. The molecule has 2 amide bonds. The Morgan fingerprint density at radius 2 is 1.51 bits per heavy atom. The minimum Gasteiger partial charge on any atom is -0.354 e. The van der Waals surface area contributed by atoms with E-state index in [2.05, 4.69) is 5.32 Å². The van der Waals surface area contributed by atoms with Crippen molar-refractivity contribution in [3.63, 3.8) is 0 Å². The summed E-state index contributed by atoms with van der Waals surface area (Å²) in [6.45, 7) is 5.84.